The number of carbonyl (C=O) groups excluding carboxylic acids is 3. The van der Waals surface area contributed by atoms with Crippen molar-refractivity contribution in [2.75, 3.05) is 6.61 Å². The molecule has 0 unspecified atom stereocenters. The first-order valence-electron chi connectivity index (χ1n) is 11.3. The van der Waals surface area contributed by atoms with E-state index in [2.05, 4.69) is 17.6 Å². The molecule has 0 aromatic heterocycles. The summed E-state index contributed by atoms with van der Waals surface area (Å²) in [6, 6.07) is 6.62. The van der Waals surface area contributed by atoms with Crippen LogP contribution in [0.1, 0.15) is 63.7 Å². The van der Waals surface area contributed by atoms with Gasteiger partial charge >= 0.3 is 5.97 Å². The molecular weight excluding hydrogens is 396 g/mol. The molecule has 0 saturated heterocycles. The molecule has 1 spiro atoms. The second-order valence-electron chi connectivity index (χ2n) is 9.78. The number of esters is 1. The van der Waals surface area contributed by atoms with Crippen molar-refractivity contribution in [3.05, 3.63) is 29.8 Å². The minimum absolute atomic E-state index is 0.0301. The number of hydrogen-bond donors (Lipinski definition) is 2. The Labute approximate surface area is 183 Å². The second-order valence-corrected chi connectivity index (χ2v) is 9.78. The van der Waals surface area contributed by atoms with Gasteiger partial charge in [-0.3, -0.25) is 9.59 Å². The highest BCUT2D eigenvalue weighted by molar-refractivity contribution is 5.98. The van der Waals surface area contributed by atoms with Gasteiger partial charge in [-0.1, -0.05) is 32.9 Å². The number of amides is 2. The van der Waals surface area contributed by atoms with Crippen molar-refractivity contribution in [1.82, 2.24) is 10.6 Å². The molecule has 1 heterocycles. The summed E-state index contributed by atoms with van der Waals surface area (Å²) in [5, 5.41) is 6.09. The molecule has 0 radical (unpaired) electrons. The fourth-order valence-corrected chi connectivity index (χ4v) is 5.64. The van der Waals surface area contributed by atoms with Crippen molar-refractivity contribution >= 4 is 17.8 Å². The van der Waals surface area contributed by atoms with Gasteiger partial charge in [0.15, 0.2) is 5.72 Å². The summed E-state index contributed by atoms with van der Waals surface area (Å²) < 4.78 is 11.6. The van der Waals surface area contributed by atoms with E-state index >= 15 is 0 Å². The third kappa shape index (κ3) is 3.68. The molecule has 3 fully saturated rings. The first kappa shape index (κ1) is 21.7. The van der Waals surface area contributed by atoms with Crippen LogP contribution in [0, 0.1) is 23.2 Å². The van der Waals surface area contributed by atoms with E-state index in [4.69, 9.17) is 9.47 Å². The molecule has 2 N–H and O–H groups in total. The van der Waals surface area contributed by atoms with Crippen molar-refractivity contribution in [3.63, 3.8) is 0 Å². The highest BCUT2D eigenvalue weighted by Gasteiger charge is 2.62. The Morgan fingerprint density at radius 1 is 1.32 bits per heavy atom. The molecule has 5 rings (SSSR count). The Morgan fingerprint density at radius 3 is 2.74 bits per heavy atom. The predicted octanol–water partition coefficient (Wildman–Crippen LogP) is 3.04. The SMILES string of the molecule is CCOC(=O)[C@H](NC(=O)[C@H]1C[C@@H]2CC[C@]1(C)C[C@@]21NC(=O)c2ccccc2O1)C(C)C. The van der Waals surface area contributed by atoms with E-state index < -0.39 is 17.7 Å². The van der Waals surface area contributed by atoms with Gasteiger partial charge in [0, 0.05) is 18.3 Å². The number of benzene rings is 1. The van der Waals surface area contributed by atoms with E-state index in [9.17, 15) is 14.4 Å². The average molecular weight is 429 g/mol. The Balaban J connectivity index is 1.54. The van der Waals surface area contributed by atoms with Crippen molar-refractivity contribution in [3.8, 4) is 5.75 Å². The zero-order valence-electron chi connectivity index (χ0n) is 18.7. The lowest BCUT2D eigenvalue weighted by molar-refractivity contribution is -0.169. The third-order valence-electron chi connectivity index (χ3n) is 7.32. The summed E-state index contributed by atoms with van der Waals surface area (Å²) in [6.07, 6.45) is 2.94. The number of rotatable bonds is 5. The maximum absolute atomic E-state index is 13.3. The van der Waals surface area contributed by atoms with Crippen LogP contribution in [-0.2, 0) is 14.3 Å². The monoisotopic (exact) mass is 428 g/mol. The van der Waals surface area contributed by atoms with E-state index in [1.165, 1.54) is 0 Å². The molecule has 1 aromatic carbocycles. The lowest BCUT2D eigenvalue weighted by Crippen LogP contribution is -2.69. The molecule has 31 heavy (non-hydrogen) atoms. The Hall–Kier alpha value is -2.57. The molecule has 5 atom stereocenters. The predicted molar refractivity (Wildman–Crippen MR) is 114 cm³/mol. The largest absolute Gasteiger partial charge is 0.467 e. The molecule has 4 aliphatic rings. The first-order chi connectivity index (χ1) is 14.7. The van der Waals surface area contributed by atoms with Gasteiger partial charge in [0.05, 0.1) is 12.2 Å². The van der Waals surface area contributed by atoms with Crippen LogP contribution < -0.4 is 15.4 Å². The number of ether oxygens (including phenoxy) is 2. The highest BCUT2D eigenvalue weighted by atomic mass is 16.5. The smallest absolute Gasteiger partial charge is 0.328 e. The molecule has 2 bridgehead atoms. The molecule has 1 aliphatic heterocycles. The van der Waals surface area contributed by atoms with Gasteiger partial charge in [0.2, 0.25) is 5.91 Å². The first-order valence-corrected chi connectivity index (χ1v) is 11.3. The van der Waals surface area contributed by atoms with Crippen LogP contribution >= 0.6 is 0 Å². The molecule has 3 saturated carbocycles. The van der Waals surface area contributed by atoms with Gasteiger partial charge in [-0.05, 0) is 49.7 Å². The number of hydrogen-bond acceptors (Lipinski definition) is 5. The van der Waals surface area contributed by atoms with E-state index in [1.54, 1.807) is 13.0 Å². The van der Waals surface area contributed by atoms with Gasteiger partial charge in [-0.15, -0.1) is 0 Å². The zero-order valence-corrected chi connectivity index (χ0v) is 18.7. The minimum atomic E-state index is -0.784. The lowest BCUT2D eigenvalue weighted by atomic mass is 9.52. The van der Waals surface area contributed by atoms with Crippen molar-refractivity contribution in [1.29, 1.82) is 0 Å². The summed E-state index contributed by atoms with van der Waals surface area (Å²) in [7, 11) is 0. The summed E-state index contributed by atoms with van der Waals surface area (Å²) >= 11 is 0. The van der Waals surface area contributed by atoms with Crippen LogP contribution in [0.3, 0.4) is 0 Å². The zero-order chi connectivity index (χ0) is 22.4. The van der Waals surface area contributed by atoms with Crippen molar-refractivity contribution in [2.24, 2.45) is 23.2 Å². The Kier molecular flexibility index (Phi) is 5.48. The summed E-state index contributed by atoms with van der Waals surface area (Å²) in [4.78, 5) is 38.4. The molecule has 3 aliphatic carbocycles. The maximum Gasteiger partial charge on any atom is 0.328 e. The van der Waals surface area contributed by atoms with E-state index in [0.717, 1.165) is 12.8 Å². The summed E-state index contributed by atoms with van der Waals surface area (Å²) in [6.45, 7) is 7.93. The molecule has 7 heteroatoms. The molecule has 1 aromatic rings. The van der Waals surface area contributed by atoms with Gasteiger partial charge < -0.3 is 20.1 Å². The normalized spacial score (nSPS) is 32.1. The Morgan fingerprint density at radius 2 is 2.06 bits per heavy atom. The molecule has 7 nitrogen and oxygen atoms in total. The van der Waals surface area contributed by atoms with Crippen LogP contribution in [0.5, 0.6) is 5.75 Å². The van der Waals surface area contributed by atoms with Crippen LogP contribution in [0.2, 0.25) is 0 Å². The third-order valence-corrected chi connectivity index (χ3v) is 7.32. The molecule has 168 valence electrons. The number of carbonyl (C=O) groups is 3. The fraction of sp³-hybridized carbons (Fsp3) is 0.625. The highest BCUT2D eigenvalue weighted by Crippen LogP contribution is 2.58. The van der Waals surface area contributed by atoms with E-state index in [1.807, 2.05) is 32.0 Å². The minimum Gasteiger partial charge on any atom is -0.467 e. The van der Waals surface area contributed by atoms with E-state index in [-0.39, 0.29) is 41.6 Å². The molecule has 2 amide bonds. The molecular formula is C24H32N2O5. The average Bonchev–Trinajstić information content (AvgIpc) is 2.71. The maximum atomic E-state index is 13.3. The topological polar surface area (TPSA) is 93.7 Å². The number of nitrogens with one attached hydrogen (secondary N) is 2. The summed E-state index contributed by atoms with van der Waals surface area (Å²) in [5.41, 5.74) is -0.578. The fourth-order valence-electron chi connectivity index (χ4n) is 5.64. The van der Waals surface area contributed by atoms with Crippen molar-refractivity contribution in [2.45, 2.75) is 65.1 Å². The Bertz CT molecular complexity index is 900. The number of fused-ring (bicyclic) bond motifs is 3. The van der Waals surface area contributed by atoms with Gasteiger partial charge in [-0.25, -0.2) is 4.79 Å². The van der Waals surface area contributed by atoms with E-state index in [0.29, 0.717) is 24.2 Å². The lowest BCUT2D eigenvalue weighted by Gasteiger charge is -2.59. The van der Waals surface area contributed by atoms with Gasteiger partial charge in [-0.2, -0.15) is 0 Å². The number of para-hydroxylation sites is 1. The standard InChI is InChI=1S/C24H32N2O5/c1-5-30-22(29)19(14(2)3)25-21(28)17-12-15-10-11-23(17,4)13-24(15)26-20(27)16-8-6-7-9-18(16)31-24/h6-9,14-15,17,19H,5,10-13H2,1-4H3,(H,25,28)(H,26,27)/t15-,17+,19+,23+,24-/m0/s1. The van der Waals surface area contributed by atoms with Crippen LogP contribution in [0.4, 0.5) is 0 Å². The van der Waals surface area contributed by atoms with Crippen LogP contribution in [0.25, 0.3) is 0 Å². The van der Waals surface area contributed by atoms with Crippen LogP contribution in [0.15, 0.2) is 24.3 Å². The second kappa shape index (κ2) is 7.84. The summed E-state index contributed by atoms with van der Waals surface area (Å²) in [5.74, 6) is -0.316. The van der Waals surface area contributed by atoms with Gasteiger partial charge in [0.1, 0.15) is 11.8 Å². The van der Waals surface area contributed by atoms with Crippen LogP contribution in [-0.4, -0.2) is 36.2 Å². The van der Waals surface area contributed by atoms with Gasteiger partial charge in [0.25, 0.3) is 5.91 Å². The van der Waals surface area contributed by atoms with Crippen molar-refractivity contribution < 1.29 is 23.9 Å². The quantitative estimate of drug-likeness (QED) is 0.703.